The van der Waals surface area contributed by atoms with Gasteiger partial charge in [-0.05, 0) is 13.8 Å². The van der Waals surface area contributed by atoms with E-state index in [1.165, 1.54) is 13.8 Å². The molecule has 9 heterocycles. The van der Waals surface area contributed by atoms with Crippen LogP contribution < -0.4 is 16.0 Å². The molecule has 9 aliphatic heterocycles. The molecule has 0 aromatic rings. The maximum atomic E-state index is 13.7. The summed E-state index contributed by atoms with van der Waals surface area (Å²) in [4.78, 5) is 66.0. The van der Waals surface area contributed by atoms with Gasteiger partial charge in [0.15, 0.2) is 50.3 Å². The van der Waals surface area contributed by atoms with Gasteiger partial charge in [-0.1, -0.05) is 0 Å². The topological polar surface area (TPSA) is 793 Å². The van der Waals surface area contributed by atoms with E-state index in [9.17, 15) is 152 Å². The Kier molecular flexibility index (Phi) is 33.6. The van der Waals surface area contributed by atoms with E-state index in [2.05, 4.69) is 16.0 Å². The normalized spacial score (nSPS) is 48.2. The molecule has 1 unspecified atom stereocenters. The van der Waals surface area contributed by atoms with Gasteiger partial charge in [-0.2, -0.15) is 0 Å². The number of hydrogen-bond acceptors (Lipinski definition) is 47. The van der Waals surface area contributed by atoms with Crippen LogP contribution in [0.4, 0.5) is 0 Å². The number of amides is 3. The van der Waals surface area contributed by atoms with Crippen LogP contribution in [0.3, 0.4) is 0 Å². The molecule has 116 heavy (non-hydrogen) atoms. The summed E-state index contributed by atoms with van der Waals surface area (Å²) in [5.74, 6) is -9.71. The minimum absolute atomic E-state index is 0.846. The van der Waals surface area contributed by atoms with E-state index >= 15 is 0 Å². The molecule has 9 saturated heterocycles. The average molecular weight is 1700 g/mol. The number of aliphatic hydroxyl groups excluding tert-OH is 24. The van der Waals surface area contributed by atoms with Crippen molar-refractivity contribution in [2.24, 2.45) is 0 Å². The molecule has 51 heteroatoms. The quantitative estimate of drug-likeness (QED) is 0.0297. The van der Waals surface area contributed by atoms with Crippen molar-refractivity contribution in [3.8, 4) is 0 Å². The first-order chi connectivity index (χ1) is 54.6. The molecule has 51 nitrogen and oxygen atoms in total. The van der Waals surface area contributed by atoms with Crippen LogP contribution in [0.1, 0.15) is 48.0 Å². The highest BCUT2D eigenvalue weighted by Gasteiger charge is 2.64. The van der Waals surface area contributed by atoms with Gasteiger partial charge in [0.05, 0.1) is 70.9 Å². The second kappa shape index (κ2) is 40.8. The average Bonchev–Trinajstić information content (AvgIpc) is 0.745. The zero-order chi connectivity index (χ0) is 85.9. The molecular weight excluding hydrogens is 1590 g/mol. The van der Waals surface area contributed by atoms with Gasteiger partial charge in [0.25, 0.3) is 5.79 Å². The lowest BCUT2D eigenvalue weighted by atomic mass is 9.87. The molecule has 0 aliphatic carbocycles. The number of carbonyl (C=O) groups is 5. The van der Waals surface area contributed by atoms with Gasteiger partial charge >= 0.3 is 11.9 Å². The molecule has 0 saturated carbocycles. The fraction of sp³-hybridized carbons (Fsp3) is 0.923. The van der Waals surface area contributed by atoms with Crippen LogP contribution in [0.25, 0.3) is 0 Å². The van der Waals surface area contributed by atoms with E-state index in [-0.39, 0.29) is 0 Å². The number of nitrogens with one attached hydrogen (secondary N) is 3. The third-order valence-electron chi connectivity index (χ3n) is 21.1. The van der Waals surface area contributed by atoms with Crippen LogP contribution in [-0.2, 0) is 109 Å². The van der Waals surface area contributed by atoms with E-state index in [4.69, 9.17) is 85.3 Å². The summed E-state index contributed by atoms with van der Waals surface area (Å²) < 4.78 is 107. The van der Waals surface area contributed by atoms with Crippen molar-refractivity contribution in [2.75, 3.05) is 46.2 Å². The molecule has 0 spiro atoms. The molecule has 9 rings (SSSR count). The van der Waals surface area contributed by atoms with E-state index < -0.39 is 364 Å². The van der Waals surface area contributed by atoms with Crippen molar-refractivity contribution >= 4 is 29.7 Å². The number of esters is 1. The Labute approximate surface area is 656 Å². The Hall–Kier alpha value is -4.29. The zero-order valence-electron chi connectivity index (χ0n) is 62.7. The maximum absolute atomic E-state index is 13.7. The van der Waals surface area contributed by atoms with Crippen LogP contribution in [0.5, 0.6) is 0 Å². The molecule has 9 fully saturated rings. The van der Waals surface area contributed by atoms with Crippen molar-refractivity contribution < 1.29 is 237 Å². The Bertz CT molecular complexity index is 3160. The number of carboxylic acid groups (broad SMARTS) is 1. The largest absolute Gasteiger partial charge is 0.477 e. The second-order valence-electron chi connectivity index (χ2n) is 29.4. The summed E-state index contributed by atoms with van der Waals surface area (Å²) in [6.45, 7) is -2.35. The van der Waals surface area contributed by atoms with Gasteiger partial charge in [-0.25, -0.2) is 4.79 Å². The van der Waals surface area contributed by atoms with Crippen LogP contribution in [0.2, 0.25) is 0 Å². The van der Waals surface area contributed by atoms with Crippen molar-refractivity contribution in [2.45, 2.75) is 330 Å². The number of carboxylic acids is 1. The second-order valence-corrected chi connectivity index (χ2v) is 29.4. The predicted molar refractivity (Wildman–Crippen MR) is 356 cm³/mol. The predicted octanol–water partition coefficient (Wildman–Crippen LogP) is -18.4. The highest BCUT2D eigenvalue weighted by Crippen LogP contribution is 2.43. The van der Waals surface area contributed by atoms with E-state index in [1.54, 1.807) is 0 Å². The van der Waals surface area contributed by atoms with Crippen LogP contribution >= 0.6 is 0 Å². The molecule has 9 aliphatic rings. The number of rotatable bonds is 30. The van der Waals surface area contributed by atoms with Crippen molar-refractivity contribution in [1.82, 2.24) is 16.0 Å². The Balaban J connectivity index is 1.10. The van der Waals surface area contributed by atoms with Gasteiger partial charge in [0, 0.05) is 27.7 Å². The lowest BCUT2D eigenvalue weighted by Gasteiger charge is -2.52. The fourth-order valence-electron chi connectivity index (χ4n) is 15.0. The lowest BCUT2D eigenvalue weighted by Crippen LogP contribution is -2.72. The number of carbonyl (C=O) groups excluding carboxylic acids is 4. The monoisotopic (exact) mass is 1700 g/mol. The molecule has 0 bridgehead atoms. The Morgan fingerprint density at radius 3 is 1.23 bits per heavy atom. The third-order valence-corrected chi connectivity index (χ3v) is 21.1. The summed E-state index contributed by atoms with van der Waals surface area (Å²) in [6, 6.07) is -5.89. The molecular formula is C65H107N3O48. The minimum Gasteiger partial charge on any atom is -0.477 e. The molecule has 0 aromatic heterocycles. The highest BCUT2D eigenvalue weighted by molar-refractivity contribution is 5.77. The molecule has 3 amide bonds. The van der Waals surface area contributed by atoms with E-state index in [1.807, 2.05) is 0 Å². The van der Waals surface area contributed by atoms with Crippen molar-refractivity contribution in [1.29, 1.82) is 0 Å². The first kappa shape index (κ1) is 95.5. The zero-order valence-corrected chi connectivity index (χ0v) is 62.7. The van der Waals surface area contributed by atoms with Gasteiger partial charge < -0.3 is 229 Å². The van der Waals surface area contributed by atoms with Gasteiger partial charge in [-0.3, -0.25) is 19.2 Å². The third kappa shape index (κ3) is 20.8. The minimum atomic E-state index is -3.40. The summed E-state index contributed by atoms with van der Waals surface area (Å²) in [6.07, 6.45) is -91.2. The Morgan fingerprint density at radius 2 is 0.767 bits per heavy atom. The maximum Gasteiger partial charge on any atom is 0.364 e. The highest BCUT2D eigenvalue weighted by atomic mass is 16.8. The van der Waals surface area contributed by atoms with E-state index in [0.717, 1.165) is 27.7 Å². The van der Waals surface area contributed by atoms with Crippen molar-refractivity contribution in [3.63, 3.8) is 0 Å². The van der Waals surface area contributed by atoms with E-state index in [0.29, 0.717) is 0 Å². The fourth-order valence-corrected chi connectivity index (χ4v) is 15.0. The summed E-state index contributed by atoms with van der Waals surface area (Å²) in [5, 5.41) is 285. The van der Waals surface area contributed by atoms with Crippen LogP contribution in [0, 0.1) is 0 Å². The van der Waals surface area contributed by atoms with Crippen LogP contribution in [-0.4, -0.2) is 485 Å². The first-order valence-electron chi connectivity index (χ1n) is 36.9. The summed E-state index contributed by atoms with van der Waals surface area (Å²) >= 11 is 0. The molecule has 46 atom stereocenters. The smallest absolute Gasteiger partial charge is 0.364 e. The Morgan fingerprint density at radius 1 is 0.388 bits per heavy atom. The number of aliphatic hydroxyl groups is 24. The summed E-state index contributed by atoms with van der Waals surface area (Å²) in [5.41, 5.74) is 0. The first-order valence-corrected chi connectivity index (χ1v) is 36.9. The van der Waals surface area contributed by atoms with Crippen LogP contribution in [0.15, 0.2) is 0 Å². The lowest BCUT2D eigenvalue weighted by molar-refractivity contribution is -0.400. The number of aliphatic carboxylic acids is 1. The van der Waals surface area contributed by atoms with Gasteiger partial charge in [0.2, 0.25) is 17.7 Å². The standard InChI is InChI=1S/C65H107N3O48/c1-15-32(80)38(86)43(91)59(100-15)112-52-30(67-18(4)76)57(106-26(12-73)49(52)110-61-45(93)40(88)35(83)23(9-70)104-61)99-14-28-37(85)54(46(94)62(108-28)109-48-25(11-72)103-56(96)42(90)41(48)89)114-58-31(68-19(5)77)53(113-60-44(92)39(87)33(81)16(2)101-60)50(27(13-74)107-58)111-63-47(95)55(36(84)24(10-71)105-63)116-65(64(97)98)7-22(102-20(6)78)29(66-17(3)75)51(115-65)34(82)21(79)8-69/h15-16,21-63,69-74,79-96H,7-14H2,1-6H3,(H,66,75)(H,67,76)(H,68,77)(H,97,98)/t15-,16-,21+,22-,23+,24+,25+,26+,27+,28+,29+,30+,31+,32+,33+,34+,35-,36-,37-,38+,39+,40-,41+,42+,43-,44-,45+,46+,47+,48+,49+,50+,51+,52+,53+,54-,55-,56?,57+,58-,59-,60-,61-,62-,63-,65-/m0/s1. The molecule has 28 N–H and O–H groups in total. The number of ether oxygens (including phenoxy) is 18. The summed E-state index contributed by atoms with van der Waals surface area (Å²) in [7, 11) is 0. The van der Waals surface area contributed by atoms with Crippen molar-refractivity contribution in [3.05, 3.63) is 0 Å². The SMILES string of the molecule is CC(=O)N[C@H]1[C@H](OC[C@H]2O[C@@H](O[C@H]3[C@H](O)[C@@H](O)C(O)O[C@@H]3CO)[C@H](O)[C@@H](O[C@@H]3O[C@H](CO)[C@@H](O[C@@H]4O[C@H](CO)[C@H](O)[C@H](O[C@]5(C(=O)O)C[C@H](OC(C)=O)[C@@H](NC(C)=O)[C@H]([C@H](O)[C@H](O)CO)O5)[C@H]4O)[C@H](O[C@@H]4O[C@@H](C)[C@@H](O)[C@@H](O)[C@@H]4O)[C@H]3NC(C)=O)[C@H]2O)O[C@H](CO)[C@@H](O[C@@H]2O[C@H](CO)[C@H](O)[C@H](O)[C@H]2O)[C@@H]1O[C@@H]1O[C@@H](C)[C@@H](O)[C@@H](O)[C@@H]1O. The van der Waals surface area contributed by atoms with Gasteiger partial charge in [-0.15, -0.1) is 0 Å². The molecule has 0 aromatic carbocycles. The molecule has 670 valence electrons. The van der Waals surface area contributed by atoms with Gasteiger partial charge in [0.1, 0.15) is 207 Å². The molecule has 0 radical (unpaired) electrons. The number of hydrogen-bond donors (Lipinski definition) is 28.